The fourth-order valence-electron chi connectivity index (χ4n) is 0.260. The van der Waals surface area contributed by atoms with Gasteiger partial charge in [-0.1, -0.05) is 5.16 Å². The minimum Gasteiger partial charge on any atom is -0.390 e. The van der Waals surface area contributed by atoms with E-state index < -0.39 is 0 Å². The second-order valence-electron chi connectivity index (χ2n) is 3.28. The summed E-state index contributed by atoms with van der Waals surface area (Å²) >= 11 is 0. The molecule has 0 aromatic carbocycles. The van der Waals surface area contributed by atoms with Crippen LogP contribution in [0.4, 0.5) is 0 Å². The van der Waals surface area contributed by atoms with Gasteiger partial charge in [0, 0.05) is 0 Å². The van der Waals surface area contributed by atoms with E-state index in [1.165, 1.54) is 0 Å². The van der Waals surface area contributed by atoms with Gasteiger partial charge in [0.25, 0.3) is 0 Å². The third-order valence-electron chi connectivity index (χ3n) is 0.837. The van der Waals surface area contributed by atoms with Gasteiger partial charge in [-0.15, -0.1) is 0 Å². The molecule has 10 heavy (non-hydrogen) atoms. The summed E-state index contributed by atoms with van der Waals surface area (Å²) in [5, 5.41) is 3.87. The van der Waals surface area contributed by atoms with Crippen LogP contribution < -0.4 is 0 Å². The van der Waals surface area contributed by atoms with Gasteiger partial charge in [0.1, 0.15) is 5.60 Å². The quantitative estimate of drug-likeness (QED) is 0.428. The number of nitrogens with zero attached hydrogens (tertiary/aromatic N) is 1. The third kappa shape index (κ3) is 5.60. The molecule has 0 amide bonds. The Kier molecular flexibility index (Phi) is 3.40. The molecule has 0 unspecified atom stereocenters. The molecule has 0 heterocycles. The minimum atomic E-state index is -0.184. The lowest BCUT2D eigenvalue weighted by atomic mass is 10.2. The lowest BCUT2D eigenvalue weighted by Crippen LogP contribution is -2.16. The summed E-state index contributed by atoms with van der Waals surface area (Å²) < 4.78 is 0. The van der Waals surface area contributed by atoms with Crippen LogP contribution in [0.5, 0.6) is 0 Å². The van der Waals surface area contributed by atoms with Crippen molar-refractivity contribution in [2.75, 3.05) is 0 Å². The van der Waals surface area contributed by atoms with E-state index in [1.807, 2.05) is 27.7 Å². The molecular formula is C8H16NO. The van der Waals surface area contributed by atoms with Crippen molar-refractivity contribution in [1.82, 2.24) is 0 Å². The van der Waals surface area contributed by atoms with Gasteiger partial charge in [0.2, 0.25) is 0 Å². The molecule has 0 rings (SSSR count). The highest BCUT2D eigenvalue weighted by atomic mass is 16.6. The van der Waals surface area contributed by atoms with E-state index in [0.717, 1.165) is 5.71 Å². The highest BCUT2D eigenvalue weighted by molar-refractivity contribution is 5.81. The van der Waals surface area contributed by atoms with Crippen LogP contribution in [-0.2, 0) is 4.84 Å². The van der Waals surface area contributed by atoms with Crippen molar-refractivity contribution < 1.29 is 4.84 Å². The zero-order chi connectivity index (χ0) is 8.20. The van der Waals surface area contributed by atoms with Crippen LogP contribution in [0, 0.1) is 6.92 Å². The zero-order valence-corrected chi connectivity index (χ0v) is 7.27. The maximum atomic E-state index is 5.13. The Bertz CT molecular complexity index is 122. The van der Waals surface area contributed by atoms with Gasteiger partial charge < -0.3 is 4.84 Å². The molecule has 0 spiro atoms. The first-order chi connectivity index (χ1) is 4.45. The van der Waals surface area contributed by atoms with Gasteiger partial charge in [-0.3, -0.25) is 0 Å². The number of oxime groups is 1. The lowest BCUT2D eigenvalue weighted by molar-refractivity contribution is 0.000571. The van der Waals surface area contributed by atoms with E-state index >= 15 is 0 Å². The second-order valence-corrected chi connectivity index (χ2v) is 3.28. The van der Waals surface area contributed by atoms with E-state index in [0.29, 0.717) is 6.42 Å². The van der Waals surface area contributed by atoms with E-state index in [4.69, 9.17) is 4.84 Å². The lowest BCUT2D eigenvalue weighted by Gasteiger charge is -2.15. The van der Waals surface area contributed by atoms with Gasteiger partial charge in [0.15, 0.2) is 0 Å². The first-order valence-electron chi connectivity index (χ1n) is 3.46. The van der Waals surface area contributed by atoms with Crippen LogP contribution in [0.15, 0.2) is 5.16 Å². The number of rotatable bonds is 2. The second kappa shape index (κ2) is 3.59. The Morgan fingerprint density at radius 2 is 2.00 bits per heavy atom. The Morgan fingerprint density at radius 1 is 1.50 bits per heavy atom. The summed E-state index contributed by atoms with van der Waals surface area (Å²) in [6.45, 7) is 11.5. The summed E-state index contributed by atoms with van der Waals surface area (Å²) in [6, 6.07) is 0. The molecular weight excluding hydrogens is 126 g/mol. The summed E-state index contributed by atoms with van der Waals surface area (Å²) in [7, 11) is 0. The van der Waals surface area contributed by atoms with E-state index in [2.05, 4.69) is 12.1 Å². The van der Waals surface area contributed by atoms with Crippen molar-refractivity contribution in [3.63, 3.8) is 0 Å². The summed E-state index contributed by atoms with van der Waals surface area (Å²) in [4.78, 5) is 5.13. The first kappa shape index (κ1) is 9.47. The van der Waals surface area contributed by atoms with Gasteiger partial charge in [-0.2, -0.15) is 0 Å². The molecule has 0 aliphatic rings. The normalized spacial score (nSPS) is 13.5. The fraction of sp³-hybridized carbons (Fsp3) is 0.750. The van der Waals surface area contributed by atoms with Crippen molar-refractivity contribution >= 4 is 5.71 Å². The van der Waals surface area contributed by atoms with Crippen molar-refractivity contribution in [3.8, 4) is 0 Å². The van der Waals surface area contributed by atoms with Gasteiger partial charge in [-0.25, -0.2) is 0 Å². The molecule has 59 valence electrons. The smallest absolute Gasteiger partial charge is 0.129 e. The summed E-state index contributed by atoms with van der Waals surface area (Å²) in [5.74, 6) is 0. The maximum absolute atomic E-state index is 5.13. The summed E-state index contributed by atoms with van der Waals surface area (Å²) in [6.07, 6.45) is 0.704. The Balaban J connectivity index is 3.73. The van der Waals surface area contributed by atoms with E-state index in [9.17, 15) is 0 Å². The van der Waals surface area contributed by atoms with Gasteiger partial charge in [0.05, 0.1) is 5.71 Å². The van der Waals surface area contributed by atoms with Crippen molar-refractivity contribution in [2.24, 2.45) is 5.16 Å². The maximum Gasteiger partial charge on any atom is 0.129 e. The van der Waals surface area contributed by atoms with Crippen LogP contribution in [0.2, 0.25) is 0 Å². The topological polar surface area (TPSA) is 21.6 Å². The number of hydrogen-bond donors (Lipinski definition) is 0. The molecule has 2 nitrogen and oxygen atoms in total. The number of hydrogen-bond acceptors (Lipinski definition) is 2. The van der Waals surface area contributed by atoms with Crippen molar-refractivity contribution in [3.05, 3.63) is 6.92 Å². The molecule has 0 aliphatic carbocycles. The van der Waals surface area contributed by atoms with Crippen molar-refractivity contribution in [2.45, 2.75) is 39.7 Å². The van der Waals surface area contributed by atoms with Gasteiger partial charge in [-0.05, 0) is 41.0 Å². The molecule has 0 aromatic heterocycles. The predicted molar refractivity (Wildman–Crippen MR) is 43.9 cm³/mol. The first-order valence-corrected chi connectivity index (χ1v) is 3.46. The molecule has 0 aliphatic heterocycles. The molecule has 0 N–H and O–H groups in total. The minimum absolute atomic E-state index is 0.184. The van der Waals surface area contributed by atoms with Crippen LogP contribution in [0.1, 0.15) is 34.1 Å². The Morgan fingerprint density at radius 3 is 2.30 bits per heavy atom. The largest absolute Gasteiger partial charge is 0.390 e. The molecule has 0 fully saturated rings. The fourth-order valence-corrected chi connectivity index (χ4v) is 0.260. The van der Waals surface area contributed by atoms with E-state index in [1.54, 1.807) is 0 Å². The average Bonchev–Trinajstić information content (AvgIpc) is 1.81. The standard InChI is InChI=1S/C8H16NO/c1-6-7(2)9-10-8(3,4)5/h1,6H2,2-5H3. The predicted octanol–water partition coefficient (Wildman–Crippen LogP) is 2.40. The Labute approximate surface area is 63.3 Å². The van der Waals surface area contributed by atoms with Gasteiger partial charge >= 0.3 is 0 Å². The molecule has 2 heteroatoms. The van der Waals surface area contributed by atoms with Crippen molar-refractivity contribution in [1.29, 1.82) is 0 Å². The SMILES string of the molecule is [CH2]CC(C)=NOC(C)(C)C. The van der Waals surface area contributed by atoms with E-state index in [-0.39, 0.29) is 5.60 Å². The monoisotopic (exact) mass is 142 g/mol. The highest BCUT2D eigenvalue weighted by Gasteiger charge is 2.09. The zero-order valence-electron chi connectivity index (χ0n) is 7.27. The molecule has 1 radical (unpaired) electrons. The summed E-state index contributed by atoms with van der Waals surface area (Å²) in [5.41, 5.74) is 0.742. The Hall–Kier alpha value is -0.530. The average molecular weight is 142 g/mol. The molecule has 0 bridgehead atoms. The van der Waals surface area contributed by atoms with Crippen LogP contribution >= 0.6 is 0 Å². The molecule has 0 saturated heterocycles. The molecule has 0 saturated carbocycles. The van der Waals surface area contributed by atoms with Crippen LogP contribution in [-0.4, -0.2) is 11.3 Å². The van der Waals surface area contributed by atoms with Crippen LogP contribution in [0.25, 0.3) is 0 Å². The molecule has 0 aromatic rings. The third-order valence-corrected chi connectivity index (χ3v) is 0.837. The highest BCUT2D eigenvalue weighted by Crippen LogP contribution is 2.07. The van der Waals surface area contributed by atoms with Crippen LogP contribution in [0.3, 0.4) is 0 Å². The molecule has 0 atom stereocenters.